The molecule has 0 unspecified atom stereocenters. The number of benzene rings is 2. The van der Waals surface area contributed by atoms with Gasteiger partial charge in [-0.05, 0) is 28.8 Å². The van der Waals surface area contributed by atoms with Crippen LogP contribution in [0.4, 0.5) is 0 Å². The maximum Gasteiger partial charge on any atom is 0.0349 e. The summed E-state index contributed by atoms with van der Waals surface area (Å²) in [6.45, 7) is 6.85. The molecule has 0 aromatic heterocycles. The number of piperazine rings is 1. The van der Waals surface area contributed by atoms with Crippen molar-refractivity contribution in [3.63, 3.8) is 0 Å². The van der Waals surface area contributed by atoms with Gasteiger partial charge in [0.1, 0.15) is 0 Å². The molecule has 0 radical (unpaired) electrons. The molecule has 0 bridgehead atoms. The first-order valence-electron chi connectivity index (χ1n) is 7.82. The second-order valence-electron chi connectivity index (χ2n) is 5.70. The zero-order chi connectivity index (χ0) is 13.8. The van der Waals surface area contributed by atoms with Crippen molar-refractivity contribution in [3.05, 3.63) is 48.0 Å². The Balaban J connectivity index is 1.91. The third-order valence-electron chi connectivity index (χ3n) is 4.31. The van der Waals surface area contributed by atoms with Gasteiger partial charge in [0.15, 0.2) is 0 Å². The van der Waals surface area contributed by atoms with Gasteiger partial charge in [-0.15, -0.1) is 0 Å². The lowest BCUT2D eigenvalue weighted by Crippen LogP contribution is -2.45. The fourth-order valence-electron chi connectivity index (χ4n) is 3.24. The monoisotopic (exact) mass is 268 g/mol. The first kappa shape index (κ1) is 13.6. The molecule has 0 amide bonds. The quantitative estimate of drug-likeness (QED) is 0.911. The van der Waals surface area contributed by atoms with Crippen molar-refractivity contribution in [2.75, 3.05) is 26.2 Å². The summed E-state index contributed by atoms with van der Waals surface area (Å²) < 4.78 is 0. The van der Waals surface area contributed by atoms with Gasteiger partial charge in [0.05, 0.1) is 0 Å². The Morgan fingerprint density at radius 2 is 1.80 bits per heavy atom. The van der Waals surface area contributed by atoms with E-state index in [1.807, 2.05) is 0 Å². The van der Waals surface area contributed by atoms with E-state index >= 15 is 0 Å². The third-order valence-corrected chi connectivity index (χ3v) is 4.31. The fraction of sp³-hybridized carbons (Fsp3) is 0.444. The molecule has 20 heavy (non-hydrogen) atoms. The Kier molecular flexibility index (Phi) is 4.34. The SMILES string of the molecule is CCC[C@@H](c1ccc2ccccc2c1)N1CCNCC1. The highest BCUT2D eigenvalue weighted by Gasteiger charge is 2.21. The maximum atomic E-state index is 3.45. The van der Waals surface area contributed by atoms with Crippen LogP contribution in [0.5, 0.6) is 0 Å². The number of nitrogens with zero attached hydrogens (tertiary/aromatic N) is 1. The average molecular weight is 268 g/mol. The molecule has 1 aliphatic rings. The molecule has 2 heteroatoms. The molecular formula is C18H24N2. The molecule has 0 spiro atoms. The standard InChI is InChI=1S/C18H24N2/c1-2-5-18(20-12-10-19-11-13-20)17-9-8-15-6-3-4-7-16(15)14-17/h3-4,6-9,14,18-19H,2,5,10-13H2,1H3/t18-/m0/s1. The lowest BCUT2D eigenvalue weighted by Gasteiger charge is -2.35. The second kappa shape index (κ2) is 6.38. The van der Waals surface area contributed by atoms with Crippen molar-refractivity contribution in [1.29, 1.82) is 0 Å². The topological polar surface area (TPSA) is 15.3 Å². The molecule has 2 aromatic carbocycles. The van der Waals surface area contributed by atoms with Crippen molar-refractivity contribution in [3.8, 4) is 0 Å². The Hall–Kier alpha value is -1.38. The largest absolute Gasteiger partial charge is 0.314 e. The molecule has 1 aliphatic heterocycles. The van der Waals surface area contributed by atoms with E-state index in [1.165, 1.54) is 29.2 Å². The molecule has 2 aromatic rings. The van der Waals surface area contributed by atoms with Crippen LogP contribution in [0.25, 0.3) is 10.8 Å². The highest BCUT2D eigenvalue weighted by atomic mass is 15.2. The van der Waals surface area contributed by atoms with Crippen LogP contribution >= 0.6 is 0 Å². The Bertz CT molecular complexity index is 558. The van der Waals surface area contributed by atoms with Crippen LogP contribution < -0.4 is 5.32 Å². The summed E-state index contributed by atoms with van der Waals surface area (Å²) in [6, 6.07) is 16.2. The molecule has 3 rings (SSSR count). The van der Waals surface area contributed by atoms with E-state index in [0.717, 1.165) is 26.2 Å². The number of nitrogens with one attached hydrogen (secondary N) is 1. The van der Waals surface area contributed by atoms with Gasteiger partial charge in [-0.2, -0.15) is 0 Å². The van der Waals surface area contributed by atoms with Gasteiger partial charge in [0.25, 0.3) is 0 Å². The molecule has 2 nitrogen and oxygen atoms in total. The summed E-state index contributed by atoms with van der Waals surface area (Å²) in [6.07, 6.45) is 2.49. The maximum absolute atomic E-state index is 3.45. The van der Waals surface area contributed by atoms with Crippen LogP contribution in [0.15, 0.2) is 42.5 Å². The number of rotatable bonds is 4. The van der Waals surface area contributed by atoms with E-state index in [2.05, 4.69) is 59.6 Å². The minimum absolute atomic E-state index is 0.576. The lowest BCUT2D eigenvalue weighted by molar-refractivity contribution is 0.165. The Morgan fingerprint density at radius 1 is 1.05 bits per heavy atom. The number of fused-ring (bicyclic) bond motifs is 1. The van der Waals surface area contributed by atoms with E-state index < -0.39 is 0 Å². The number of hydrogen-bond acceptors (Lipinski definition) is 2. The van der Waals surface area contributed by atoms with Gasteiger partial charge in [-0.3, -0.25) is 4.90 Å². The van der Waals surface area contributed by atoms with Crippen LogP contribution in [0, 0.1) is 0 Å². The van der Waals surface area contributed by atoms with Crippen molar-refractivity contribution < 1.29 is 0 Å². The molecule has 106 valence electrons. The normalized spacial score (nSPS) is 18.2. The van der Waals surface area contributed by atoms with Crippen molar-refractivity contribution in [2.24, 2.45) is 0 Å². The summed E-state index contributed by atoms with van der Waals surface area (Å²) in [5.41, 5.74) is 1.48. The van der Waals surface area contributed by atoms with Crippen molar-refractivity contribution in [2.45, 2.75) is 25.8 Å². The summed E-state index contributed by atoms with van der Waals surface area (Å²) in [4.78, 5) is 2.64. The summed E-state index contributed by atoms with van der Waals surface area (Å²) in [5, 5.41) is 6.15. The minimum atomic E-state index is 0.576. The van der Waals surface area contributed by atoms with E-state index in [9.17, 15) is 0 Å². The lowest BCUT2D eigenvalue weighted by atomic mass is 9.97. The van der Waals surface area contributed by atoms with Crippen LogP contribution in [-0.4, -0.2) is 31.1 Å². The van der Waals surface area contributed by atoms with E-state index in [1.54, 1.807) is 0 Å². The van der Waals surface area contributed by atoms with Crippen molar-refractivity contribution >= 4 is 10.8 Å². The summed E-state index contributed by atoms with van der Waals surface area (Å²) >= 11 is 0. The molecule has 1 atom stereocenters. The second-order valence-corrected chi connectivity index (χ2v) is 5.70. The smallest absolute Gasteiger partial charge is 0.0349 e. The van der Waals surface area contributed by atoms with Crippen LogP contribution in [0.2, 0.25) is 0 Å². The van der Waals surface area contributed by atoms with E-state index in [4.69, 9.17) is 0 Å². The first-order chi connectivity index (χ1) is 9.88. The van der Waals surface area contributed by atoms with E-state index in [-0.39, 0.29) is 0 Å². The average Bonchev–Trinajstić information content (AvgIpc) is 2.53. The van der Waals surface area contributed by atoms with Crippen molar-refractivity contribution in [1.82, 2.24) is 10.2 Å². The van der Waals surface area contributed by atoms with Crippen LogP contribution in [0.1, 0.15) is 31.4 Å². The fourth-order valence-corrected chi connectivity index (χ4v) is 3.24. The molecular weight excluding hydrogens is 244 g/mol. The highest BCUT2D eigenvalue weighted by molar-refractivity contribution is 5.83. The predicted molar refractivity (Wildman–Crippen MR) is 86.0 cm³/mol. The van der Waals surface area contributed by atoms with Gasteiger partial charge in [0.2, 0.25) is 0 Å². The predicted octanol–water partition coefficient (Wildman–Crippen LogP) is 3.59. The van der Waals surface area contributed by atoms with Gasteiger partial charge >= 0.3 is 0 Å². The first-order valence-corrected chi connectivity index (χ1v) is 7.82. The Labute approximate surface area is 121 Å². The van der Waals surface area contributed by atoms with E-state index in [0.29, 0.717) is 6.04 Å². The molecule has 1 heterocycles. The Morgan fingerprint density at radius 3 is 2.55 bits per heavy atom. The molecule has 1 N–H and O–H groups in total. The van der Waals surface area contributed by atoms with Crippen LogP contribution in [-0.2, 0) is 0 Å². The van der Waals surface area contributed by atoms with Gasteiger partial charge in [-0.25, -0.2) is 0 Å². The zero-order valence-corrected chi connectivity index (χ0v) is 12.3. The molecule has 0 aliphatic carbocycles. The van der Waals surface area contributed by atoms with Gasteiger partial charge < -0.3 is 5.32 Å². The minimum Gasteiger partial charge on any atom is -0.314 e. The summed E-state index contributed by atoms with van der Waals surface area (Å²) in [5.74, 6) is 0. The number of hydrogen-bond donors (Lipinski definition) is 1. The third kappa shape index (κ3) is 2.87. The zero-order valence-electron chi connectivity index (χ0n) is 12.3. The molecule has 1 saturated heterocycles. The molecule has 1 fully saturated rings. The van der Waals surface area contributed by atoms with Crippen LogP contribution in [0.3, 0.4) is 0 Å². The highest BCUT2D eigenvalue weighted by Crippen LogP contribution is 2.28. The molecule has 0 saturated carbocycles. The van der Waals surface area contributed by atoms with Gasteiger partial charge in [0, 0.05) is 32.2 Å². The van der Waals surface area contributed by atoms with Gasteiger partial charge in [-0.1, -0.05) is 49.7 Å². The summed E-state index contributed by atoms with van der Waals surface area (Å²) in [7, 11) is 0.